The number of carboxylic acids is 1. The van der Waals surface area contributed by atoms with Crippen LogP contribution in [-0.2, 0) is 17.6 Å². The van der Waals surface area contributed by atoms with Crippen molar-refractivity contribution < 1.29 is 14.6 Å². The molecule has 1 atom stereocenters. The molecule has 0 saturated heterocycles. The monoisotopic (exact) mass is 372 g/mol. The number of hydrogen-bond acceptors (Lipinski definition) is 3. The summed E-state index contributed by atoms with van der Waals surface area (Å²) in [6.07, 6.45) is 6.69. The van der Waals surface area contributed by atoms with Gasteiger partial charge in [-0.2, -0.15) is 12.6 Å². The number of unbranched alkanes of at least 4 members (excludes halogenated alkanes) is 2. The van der Waals surface area contributed by atoms with Crippen molar-refractivity contribution in [2.24, 2.45) is 0 Å². The van der Waals surface area contributed by atoms with Crippen molar-refractivity contribution in [3.63, 3.8) is 0 Å². The molecule has 0 spiro atoms. The van der Waals surface area contributed by atoms with Crippen molar-refractivity contribution in [3.8, 4) is 5.75 Å². The highest BCUT2D eigenvalue weighted by molar-refractivity contribution is 7.81. The molecule has 1 unspecified atom stereocenters. The number of carboxylic acid groups (broad SMARTS) is 1. The van der Waals surface area contributed by atoms with Crippen LogP contribution in [0.2, 0.25) is 0 Å². The molecular formula is C22H28O3S. The summed E-state index contributed by atoms with van der Waals surface area (Å²) in [6.45, 7) is 0.725. The highest BCUT2D eigenvalue weighted by Gasteiger charge is 2.10. The van der Waals surface area contributed by atoms with Crippen LogP contribution in [0.15, 0.2) is 54.6 Å². The SMILES string of the molecule is O=C(O)C(S)CCCCCc1ccc(OCCCc2ccccc2)cc1. The van der Waals surface area contributed by atoms with Gasteiger partial charge in [0.25, 0.3) is 0 Å². The first-order chi connectivity index (χ1) is 12.6. The molecule has 2 aromatic rings. The lowest BCUT2D eigenvalue weighted by atomic mass is 10.1. The van der Waals surface area contributed by atoms with E-state index in [0.717, 1.165) is 50.9 Å². The molecule has 2 rings (SSSR count). The second-order valence-electron chi connectivity index (χ2n) is 6.53. The van der Waals surface area contributed by atoms with E-state index in [1.165, 1.54) is 11.1 Å². The minimum absolute atomic E-state index is 0.534. The van der Waals surface area contributed by atoms with Crippen molar-refractivity contribution in [2.75, 3.05) is 6.61 Å². The Morgan fingerprint density at radius 1 is 0.885 bits per heavy atom. The first-order valence-corrected chi connectivity index (χ1v) is 9.83. The van der Waals surface area contributed by atoms with Crippen LogP contribution < -0.4 is 4.74 Å². The molecule has 0 aliphatic rings. The first-order valence-electron chi connectivity index (χ1n) is 9.31. The van der Waals surface area contributed by atoms with E-state index in [-0.39, 0.29) is 0 Å². The Balaban J connectivity index is 1.58. The Hall–Kier alpha value is -1.94. The summed E-state index contributed by atoms with van der Waals surface area (Å²) in [6, 6.07) is 18.8. The average molecular weight is 373 g/mol. The molecule has 0 radical (unpaired) electrons. The fourth-order valence-corrected chi connectivity index (χ4v) is 3.01. The molecule has 0 fully saturated rings. The summed E-state index contributed by atoms with van der Waals surface area (Å²) < 4.78 is 5.81. The lowest BCUT2D eigenvalue weighted by Crippen LogP contribution is -2.12. The number of hydrogen-bond donors (Lipinski definition) is 2. The summed E-state index contributed by atoms with van der Waals surface area (Å²) in [5.74, 6) is 0.0916. The van der Waals surface area contributed by atoms with Gasteiger partial charge >= 0.3 is 5.97 Å². The van der Waals surface area contributed by atoms with Crippen LogP contribution in [0.1, 0.15) is 43.2 Å². The number of carbonyl (C=O) groups is 1. The Morgan fingerprint density at radius 3 is 2.23 bits per heavy atom. The van der Waals surface area contributed by atoms with Crippen LogP contribution in [0.25, 0.3) is 0 Å². The Labute approximate surface area is 161 Å². The number of aliphatic carboxylic acids is 1. The molecule has 26 heavy (non-hydrogen) atoms. The molecule has 4 heteroatoms. The Bertz CT molecular complexity index is 640. The first kappa shape index (κ1) is 20.4. The van der Waals surface area contributed by atoms with Gasteiger partial charge in [0.05, 0.1) is 11.9 Å². The molecule has 0 aromatic heterocycles. The Kier molecular flexibility index (Phi) is 9.11. The zero-order chi connectivity index (χ0) is 18.6. The molecule has 0 saturated carbocycles. The van der Waals surface area contributed by atoms with Crippen LogP contribution in [0.5, 0.6) is 5.75 Å². The van der Waals surface area contributed by atoms with E-state index in [9.17, 15) is 4.79 Å². The zero-order valence-corrected chi connectivity index (χ0v) is 16.0. The predicted molar refractivity (Wildman–Crippen MR) is 109 cm³/mol. The number of benzene rings is 2. The molecule has 140 valence electrons. The van der Waals surface area contributed by atoms with Gasteiger partial charge in [-0.25, -0.2) is 0 Å². The van der Waals surface area contributed by atoms with E-state index in [4.69, 9.17) is 9.84 Å². The van der Waals surface area contributed by atoms with Crippen LogP contribution in [0.3, 0.4) is 0 Å². The van der Waals surface area contributed by atoms with Gasteiger partial charge in [0.2, 0.25) is 0 Å². The van der Waals surface area contributed by atoms with Crippen LogP contribution in [0, 0.1) is 0 Å². The van der Waals surface area contributed by atoms with E-state index in [2.05, 4.69) is 49.0 Å². The molecule has 1 N–H and O–H groups in total. The number of thiol groups is 1. The van der Waals surface area contributed by atoms with Crippen molar-refractivity contribution >= 4 is 18.6 Å². The fraction of sp³-hybridized carbons (Fsp3) is 0.409. The number of rotatable bonds is 12. The molecule has 0 amide bonds. The van der Waals surface area contributed by atoms with E-state index in [1.807, 2.05) is 18.2 Å². The van der Waals surface area contributed by atoms with Gasteiger partial charge in [-0.15, -0.1) is 0 Å². The summed E-state index contributed by atoms with van der Waals surface area (Å²) in [5, 5.41) is 8.26. The third-order valence-corrected chi connectivity index (χ3v) is 4.85. The quantitative estimate of drug-likeness (QED) is 0.398. The lowest BCUT2D eigenvalue weighted by molar-refractivity contribution is -0.136. The maximum atomic E-state index is 10.7. The fourth-order valence-electron chi connectivity index (χ4n) is 2.83. The Morgan fingerprint density at radius 2 is 1.54 bits per heavy atom. The van der Waals surface area contributed by atoms with Gasteiger partial charge in [0, 0.05) is 0 Å². The smallest absolute Gasteiger partial charge is 0.316 e. The largest absolute Gasteiger partial charge is 0.494 e. The topological polar surface area (TPSA) is 46.5 Å². The maximum Gasteiger partial charge on any atom is 0.316 e. The third kappa shape index (κ3) is 7.96. The molecule has 2 aromatic carbocycles. The van der Waals surface area contributed by atoms with E-state index in [0.29, 0.717) is 6.42 Å². The minimum Gasteiger partial charge on any atom is -0.494 e. The molecule has 0 aliphatic carbocycles. The second kappa shape index (κ2) is 11.6. The second-order valence-corrected chi connectivity index (χ2v) is 7.16. The normalized spacial score (nSPS) is 11.9. The minimum atomic E-state index is -0.826. The van der Waals surface area contributed by atoms with Crippen LogP contribution in [0.4, 0.5) is 0 Å². The van der Waals surface area contributed by atoms with Crippen molar-refractivity contribution in [2.45, 2.75) is 50.2 Å². The maximum absolute atomic E-state index is 10.7. The average Bonchev–Trinajstić information content (AvgIpc) is 2.66. The number of aryl methyl sites for hydroxylation is 2. The summed E-state index contributed by atoms with van der Waals surface area (Å²) >= 11 is 4.05. The molecular weight excluding hydrogens is 344 g/mol. The van der Waals surface area contributed by atoms with Gasteiger partial charge in [0.1, 0.15) is 5.75 Å². The summed E-state index contributed by atoms with van der Waals surface area (Å²) in [4.78, 5) is 10.7. The van der Waals surface area contributed by atoms with E-state index in [1.54, 1.807) is 0 Å². The van der Waals surface area contributed by atoms with Crippen molar-refractivity contribution in [3.05, 3.63) is 65.7 Å². The van der Waals surface area contributed by atoms with Gasteiger partial charge in [0.15, 0.2) is 0 Å². The van der Waals surface area contributed by atoms with Gasteiger partial charge in [-0.05, 0) is 55.4 Å². The lowest BCUT2D eigenvalue weighted by Gasteiger charge is -2.08. The standard InChI is InChI=1S/C22H28O3S/c23-22(24)21(26)12-6-2-5-10-19-13-15-20(16-14-19)25-17-7-11-18-8-3-1-4-9-18/h1,3-4,8-9,13-16,21,26H,2,5-7,10-12,17H2,(H,23,24). The summed E-state index contributed by atoms with van der Waals surface area (Å²) in [7, 11) is 0. The molecule has 0 heterocycles. The highest BCUT2D eigenvalue weighted by atomic mass is 32.1. The third-order valence-electron chi connectivity index (χ3n) is 4.37. The number of ether oxygens (including phenoxy) is 1. The van der Waals surface area contributed by atoms with E-state index >= 15 is 0 Å². The van der Waals surface area contributed by atoms with Crippen LogP contribution in [-0.4, -0.2) is 22.9 Å². The van der Waals surface area contributed by atoms with Gasteiger partial charge < -0.3 is 9.84 Å². The highest BCUT2D eigenvalue weighted by Crippen LogP contribution is 2.16. The zero-order valence-electron chi connectivity index (χ0n) is 15.1. The van der Waals surface area contributed by atoms with Crippen LogP contribution >= 0.6 is 12.6 Å². The molecule has 0 bridgehead atoms. The summed E-state index contributed by atoms with van der Waals surface area (Å²) in [5.41, 5.74) is 2.64. The molecule has 0 aliphatic heterocycles. The van der Waals surface area contributed by atoms with Crippen molar-refractivity contribution in [1.29, 1.82) is 0 Å². The van der Waals surface area contributed by atoms with E-state index < -0.39 is 11.2 Å². The van der Waals surface area contributed by atoms with Gasteiger partial charge in [-0.3, -0.25) is 4.79 Å². The van der Waals surface area contributed by atoms with Crippen molar-refractivity contribution in [1.82, 2.24) is 0 Å². The molecule has 3 nitrogen and oxygen atoms in total. The predicted octanol–water partition coefficient (Wildman–Crippen LogP) is 5.18. The van der Waals surface area contributed by atoms with Gasteiger partial charge in [-0.1, -0.05) is 55.3 Å².